The van der Waals surface area contributed by atoms with Crippen LogP contribution in [0.15, 0.2) is 54.9 Å². The van der Waals surface area contributed by atoms with E-state index in [4.69, 9.17) is 0 Å². The van der Waals surface area contributed by atoms with Crippen molar-refractivity contribution < 1.29 is 8.42 Å². The highest BCUT2D eigenvalue weighted by Crippen LogP contribution is 2.22. The predicted octanol–water partition coefficient (Wildman–Crippen LogP) is 3.56. The fourth-order valence-electron chi connectivity index (χ4n) is 2.52. The van der Waals surface area contributed by atoms with Crippen molar-refractivity contribution >= 4 is 26.7 Å². The Labute approximate surface area is 136 Å². The van der Waals surface area contributed by atoms with Gasteiger partial charge in [0.2, 0.25) is 10.0 Å². The second kappa shape index (κ2) is 6.04. The van der Waals surface area contributed by atoms with E-state index in [1.807, 2.05) is 24.3 Å². The van der Waals surface area contributed by atoms with Gasteiger partial charge in [0.05, 0.1) is 28.8 Å². The van der Waals surface area contributed by atoms with E-state index < -0.39 is 10.0 Å². The minimum Gasteiger partial charge on any atom is -0.328 e. The van der Waals surface area contributed by atoms with Gasteiger partial charge in [0.15, 0.2) is 0 Å². The summed E-state index contributed by atoms with van der Waals surface area (Å²) >= 11 is 0. The second-order valence-corrected chi connectivity index (χ2v) is 7.52. The van der Waals surface area contributed by atoms with Crippen molar-refractivity contribution in [2.24, 2.45) is 0 Å². The van der Waals surface area contributed by atoms with Crippen molar-refractivity contribution in [1.82, 2.24) is 9.55 Å². The van der Waals surface area contributed by atoms with Gasteiger partial charge in [0.1, 0.15) is 0 Å². The van der Waals surface area contributed by atoms with E-state index in [1.165, 1.54) is 0 Å². The molecule has 3 aromatic rings. The van der Waals surface area contributed by atoms with Crippen LogP contribution >= 0.6 is 0 Å². The van der Waals surface area contributed by atoms with Crippen LogP contribution < -0.4 is 4.72 Å². The van der Waals surface area contributed by atoms with Gasteiger partial charge in [-0.15, -0.1) is 0 Å². The Morgan fingerprint density at radius 3 is 2.57 bits per heavy atom. The standard InChI is InChI=1S/C17H19N3O2S/c1-13(2)20-12-18-16-10-15(8-9-17(16)20)19-23(21,22)11-14-6-4-3-5-7-14/h3-10,12-13,19H,11H2,1-2H3. The maximum Gasteiger partial charge on any atom is 0.236 e. The summed E-state index contributed by atoms with van der Waals surface area (Å²) in [4.78, 5) is 4.34. The minimum atomic E-state index is -3.45. The molecule has 0 bridgehead atoms. The zero-order chi connectivity index (χ0) is 16.4. The third-order valence-corrected chi connectivity index (χ3v) is 4.86. The lowest BCUT2D eigenvalue weighted by molar-refractivity contribution is 0.600. The molecule has 1 heterocycles. The van der Waals surface area contributed by atoms with Gasteiger partial charge in [0.25, 0.3) is 0 Å². The van der Waals surface area contributed by atoms with Crippen LogP contribution in [-0.4, -0.2) is 18.0 Å². The lowest BCUT2D eigenvalue weighted by atomic mass is 10.2. The van der Waals surface area contributed by atoms with Gasteiger partial charge in [-0.1, -0.05) is 30.3 Å². The SMILES string of the molecule is CC(C)n1cnc2cc(NS(=O)(=O)Cc3ccccc3)ccc21. The van der Waals surface area contributed by atoms with Gasteiger partial charge in [-0.3, -0.25) is 4.72 Å². The summed E-state index contributed by atoms with van der Waals surface area (Å²) in [6, 6.07) is 14.8. The summed E-state index contributed by atoms with van der Waals surface area (Å²) in [5.74, 6) is -0.0493. The molecular formula is C17H19N3O2S. The van der Waals surface area contributed by atoms with E-state index in [9.17, 15) is 8.42 Å². The number of sulfonamides is 1. The molecule has 23 heavy (non-hydrogen) atoms. The van der Waals surface area contributed by atoms with Gasteiger partial charge >= 0.3 is 0 Å². The van der Waals surface area contributed by atoms with Crippen LogP contribution in [-0.2, 0) is 15.8 Å². The Balaban J connectivity index is 1.83. The molecule has 0 fully saturated rings. The number of nitrogens with zero attached hydrogens (tertiary/aromatic N) is 2. The molecule has 0 spiro atoms. The molecule has 0 unspecified atom stereocenters. The largest absolute Gasteiger partial charge is 0.328 e. The molecule has 0 atom stereocenters. The Morgan fingerprint density at radius 1 is 1.13 bits per heavy atom. The van der Waals surface area contributed by atoms with Crippen LogP contribution in [0.1, 0.15) is 25.5 Å². The van der Waals surface area contributed by atoms with Crippen molar-refractivity contribution in [3.05, 3.63) is 60.4 Å². The molecular weight excluding hydrogens is 310 g/mol. The molecule has 0 saturated heterocycles. The molecule has 6 heteroatoms. The van der Waals surface area contributed by atoms with Gasteiger partial charge in [-0.25, -0.2) is 13.4 Å². The normalized spacial score (nSPS) is 12.0. The number of hydrogen-bond acceptors (Lipinski definition) is 3. The first-order valence-electron chi connectivity index (χ1n) is 7.45. The summed E-state index contributed by atoms with van der Waals surface area (Å²) < 4.78 is 29.2. The van der Waals surface area contributed by atoms with Gasteiger partial charge in [-0.05, 0) is 37.6 Å². The topological polar surface area (TPSA) is 64.0 Å². The number of rotatable bonds is 5. The first-order chi connectivity index (χ1) is 10.9. The molecule has 0 aliphatic heterocycles. The van der Waals surface area contributed by atoms with Crippen molar-refractivity contribution in [2.45, 2.75) is 25.6 Å². The van der Waals surface area contributed by atoms with Crippen LogP contribution in [0.3, 0.4) is 0 Å². The summed E-state index contributed by atoms with van der Waals surface area (Å²) in [5, 5.41) is 0. The van der Waals surface area contributed by atoms with Gasteiger partial charge in [-0.2, -0.15) is 0 Å². The van der Waals surface area contributed by atoms with Crippen LogP contribution in [0.4, 0.5) is 5.69 Å². The van der Waals surface area contributed by atoms with Gasteiger partial charge < -0.3 is 4.57 Å². The highest BCUT2D eigenvalue weighted by molar-refractivity contribution is 7.91. The van der Waals surface area contributed by atoms with E-state index in [0.29, 0.717) is 11.7 Å². The number of anilines is 1. The Kier molecular flexibility index (Phi) is 4.09. The van der Waals surface area contributed by atoms with Crippen LogP contribution in [0.25, 0.3) is 11.0 Å². The smallest absolute Gasteiger partial charge is 0.236 e. The molecule has 0 aliphatic rings. The van der Waals surface area contributed by atoms with Crippen molar-refractivity contribution in [3.8, 4) is 0 Å². The van der Waals surface area contributed by atoms with Crippen LogP contribution in [0.5, 0.6) is 0 Å². The van der Waals surface area contributed by atoms with Crippen molar-refractivity contribution in [3.63, 3.8) is 0 Å². The zero-order valence-corrected chi connectivity index (χ0v) is 13.9. The molecule has 0 saturated carbocycles. The number of imidazole rings is 1. The number of nitrogens with one attached hydrogen (secondary N) is 1. The van der Waals surface area contributed by atoms with E-state index in [-0.39, 0.29) is 5.75 Å². The molecule has 0 radical (unpaired) electrons. The molecule has 1 N–H and O–H groups in total. The zero-order valence-electron chi connectivity index (χ0n) is 13.1. The van der Waals surface area contributed by atoms with Crippen LogP contribution in [0, 0.1) is 0 Å². The average Bonchev–Trinajstić information content (AvgIpc) is 2.90. The lowest BCUT2D eigenvalue weighted by Gasteiger charge is -2.10. The molecule has 0 amide bonds. The van der Waals surface area contributed by atoms with Crippen molar-refractivity contribution in [2.75, 3.05) is 4.72 Å². The lowest BCUT2D eigenvalue weighted by Crippen LogP contribution is -2.15. The minimum absolute atomic E-state index is 0.0493. The summed E-state index contributed by atoms with van der Waals surface area (Å²) in [5.41, 5.74) is 3.05. The fourth-order valence-corrected chi connectivity index (χ4v) is 3.71. The highest BCUT2D eigenvalue weighted by atomic mass is 32.2. The molecule has 2 aromatic carbocycles. The Morgan fingerprint density at radius 2 is 1.87 bits per heavy atom. The molecule has 1 aromatic heterocycles. The maximum atomic E-state index is 12.3. The van der Waals surface area contributed by atoms with E-state index in [2.05, 4.69) is 28.1 Å². The average molecular weight is 329 g/mol. The summed E-state index contributed by atoms with van der Waals surface area (Å²) in [7, 11) is -3.45. The quantitative estimate of drug-likeness (QED) is 0.778. The summed E-state index contributed by atoms with van der Waals surface area (Å²) in [6.07, 6.45) is 1.78. The summed E-state index contributed by atoms with van der Waals surface area (Å²) in [6.45, 7) is 4.16. The first kappa shape index (κ1) is 15.6. The van der Waals surface area contributed by atoms with Crippen LogP contribution in [0.2, 0.25) is 0 Å². The molecule has 3 rings (SSSR count). The molecule has 0 aliphatic carbocycles. The van der Waals surface area contributed by atoms with Crippen molar-refractivity contribution in [1.29, 1.82) is 0 Å². The van der Waals surface area contributed by atoms with E-state index in [1.54, 1.807) is 30.6 Å². The number of hydrogen-bond donors (Lipinski definition) is 1. The number of fused-ring (bicyclic) bond motifs is 1. The third-order valence-electron chi connectivity index (χ3n) is 3.60. The number of aromatic nitrogens is 2. The third kappa shape index (κ3) is 3.53. The predicted molar refractivity (Wildman–Crippen MR) is 92.8 cm³/mol. The molecule has 120 valence electrons. The monoisotopic (exact) mass is 329 g/mol. The Hall–Kier alpha value is -2.34. The molecule has 5 nitrogen and oxygen atoms in total. The van der Waals surface area contributed by atoms with Gasteiger partial charge in [0, 0.05) is 6.04 Å². The Bertz CT molecular complexity index is 915. The second-order valence-electron chi connectivity index (χ2n) is 5.80. The first-order valence-corrected chi connectivity index (χ1v) is 9.11. The fraction of sp³-hybridized carbons (Fsp3) is 0.235. The number of benzene rings is 2. The van der Waals surface area contributed by atoms with E-state index >= 15 is 0 Å². The maximum absolute atomic E-state index is 12.3. The van der Waals surface area contributed by atoms with E-state index in [0.717, 1.165) is 16.6 Å². The highest BCUT2D eigenvalue weighted by Gasteiger charge is 2.13.